The molecule has 0 aliphatic carbocycles. The number of halogens is 3. The average molecular weight is 508 g/mol. The Morgan fingerprint density at radius 2 is 1.71 bits per heavy atom. The van der Waals surface area contributed by atoms with Crippen LogP contribution in [0, 0.1) is 0 Å². The molecule has 2 aromatic carbocycles. The Balaban J connectivity index is 1.86. The van der Waals surface area contributed by atoms with Crippen LogP contribution < -0.4 is 19.6 Å². The summed E-state index contributed by atoms with van der Waals surface area (Å²) >= 11 is 1.25. The summed E-state index contributed by atoms with van der Waals surface area (Å²) in [7, 11) is 1.56. The highest BCUT2D eigenvalue weighted by molar-refractivity contribution is 7.07. The Morgan fingerprint density at radius 1 is 1.06 bits per heavy atom. The van der Waals surface area contributed by atoms with Gasteiger partial charge in [0.15, 0.2) is 4.80 Å². The molecule has 1 aromatic heterocycles. The molecule has 0 atom stereocenters. The second-order valence-electron chi connectivity index (χ2n) is 7.49. The van der Waals surface area contributed by atoms with E-state index in [2.05, 4.69) is 15.0 Å². The van der Waals surface area contributed by atoms with E-state index in [1.165, 1.54) is 42.5 Å². The molecule has 0 saturated carbocycles. The molecule has 11 heteroatoms. The molecule has 1 heterocycles. The molecule has 3 rings (SSSR count). The maximum Gasteiger partial charge on any atom is 0.573 e. The van der Waals surface area contributed by atoms with Gasteiger partial charge in [0.2, 0.25) is 5.91 Å². The van der Waals surface area contributed by atoms with Crippen LogP contribution in [0.15, 0.2) is 58.9 Å². The van der Waals surface area contributed by atoms with Gasteiger partial charge in [-0.1, -0.05) is 12.1 Å². The zero-order valence-electron chi connectivity index (χ0n) is 19.1. The van der Waals surface area contributed by atoms with Crippen molar-refractivity contribution in [2.24, 2.45) is 4.99 Å². The summed E-state index contributed by atoms with van der Waals surface area (Å²) in [5, 5.41) is 4.51. The van der Waals surface area contributed by atoms with Crippen LogP contribution in [0.5, 0.6) is 11.5 Å². The van der Waals surface area contributed by atoms with Crippen molar-refractivity contribution in [1.82, 2.24) is 9.88 Å². The number of carbonyl (C=O) groups is 2. The van der Waals surface area contributed by atoms with E-state index in [1.54, 1.807) is 36.8 Å². The third kappa shape index (κ3) is 7.99. The lowest BCUT2D eigenvalue weighted by Crippen LogP contribution is -2.24. The lowest BCUT2D eigenvalue weighted by Gasteiger charge is -2.11. The zero-order chi connectivity index (χ0) is 25.4. The molecule has 0 unspecified atom stereocenters. The van der Waals surface area contributed by atoms with Gasteiger partial charge in [0.1, 0.15) is 11.5 Å². The van der Waals surface area contributed by atoms with Crippen molar-refractivity contribution in [3.8, 4) is 22.8 Å². The fourth-order valence-corrected chi connectivity index (χ4v) is 4.21. The Kier molecular flexibility index (Phi) is 8.69. The summed E-state index contributed by atoms with van der Waals surface area (Å²) in [6.45, 7) is 2.29. The third-order valence-corrected chi connectivity index (χ3v) is 5.71. The number of rotatable bonds is 9. The maximum atomic E-state index is 12.6. The minimum atomic E-state index is -4.77. The number of hydrogen-bond acceptors (Lipinski definition) is 5. The largest absolute Gasteiger partial charge is 0.573 e. The van der Waals surface area contributed by atoms with Crippen molar-refractivity contribution < 1.29 is 32.2 Å². The quantitative estimate of drug-likeness (QED) is 0.438. The SMILES string of the molecule is COc1ccc(CC(=O)/N=c2\scc(-c3ccc(OC(F)(F)F)cc3)n2CCCNC(C)=O)cc1. The van der Waals surface area contributed by atoms with Crippen LogP contribution in [0.3, 0.4) is 0 Å². The first-order chi connectivity index (χ1) is 16.6. The Labute approximate surface area is 203 Å². The van der Waals surface area contributed by atoms with E-state index < -0.39 is 6.36 Å². The topological polar surface area (TPSA) is 81.9 Å². The van der Waals surface area contributed by atoms with E-state index in [4.69, 9.17) is 4.74 Å². The number of thiazole rings is 1. The predicted molar refractivity (Wildman–Crippen MR) is 125 cm³/mol. The molecule has 0 bridgehead atoms. The van der Waals surface area contributed by atoms with E-state index in [0.29, 0.717) is 41.3 Å². The van der Waals surface area contributed by atoms with E-state index in [-0.39, 0.29) is 24.0 Å². The van der Waals surface area contributed by atoms with Gasteiger partial charge in [0, 0.05) is 25.4 Å². The highest BCUT2D eigenvalue weighted by Gasteiger charge is 2.31. The molecule has 0 aliphatic heterocycles. The second-order valence-corrected chi connectivity index (χ2v) is 8.33. The maximum absolute atomic E-state index is 12.6. The summed E-state index contributed by atoms with van der Waals surface area (Å²) in [6.07, 6.45) is -4.10. The average Bonchev–Trinajstić information content (AvgIpc) is 3.18. The normalized spacial score (nSPS) is 11.9. The molecule has 0 saturated heterocycles. The number of methoxy groups -OCH3 is 1. The van der Waals surface area contributed by atoms with Gasteiger partial charge in [-0.2, -0.15) is 4.99 Å². The van der Waals surface area contributed by atoms with Crippen LogP contribution in [0.4, 0.5) is 13.2 Å². The highest BCUT2D eigenvalue weighted by atomic mass is 32.1. The van der Waals surface area contributed by atoms with Gasteiger partial charge >= 0.3 is 6.36 Å². The standard InChI is InChI=1S/C24H24F3N3O4S/c1-16(31)28-12-3-13-30-21(18-6-10-20(11-7-18)34-24(25,26)27)15-35-23(30)29-22(32)14-17-4-8-19(33-2)9-5-17/h4-11,15H,3,12-14H2,1-2H3,(H,28,31)/b29-23-. The van der Waals surface area contributed by atoms with Gasteiger partial charge in [-0.3, -0.25) is 9.59 Å². The second kappa shape index (κ2) is 11.7. The van der Waals surface area contributed by atoms with Crippen molar-refractivity contribution in [3.05, 3.63) is 64.3 Å². The number of amides is 2. The van der Waals surface area contributed by atoms with Crippen molar-refractivity contribution in [3.63, 3.8) is 0 Å². The Hall–Kier alpha value is -3.60. The van der Waals surface area contributed by atoms with Crippen molar-refractivity contribution in [2.75, 3.05) is 13.7 Å². The van der Waals surface area contributed by atoms with Crippen LogP contribution in [0.25, 0.3) is 11.3 Å². The molecule has 2 amide bonds. The molecule has 3 aromatic rings. The molecule has 1 N–H and O–H groups in total. The van der Waals surface area contributed by atoms with Gasteiger partial charge in [-0.25, -0.2) is 0 Å². The summed E-state index contributed by atoms with van der Waals surface area (Å²) in [5.41, 5.74) is 2.11. The van der Waals surface area contributed by atoms with Gasteiger partial charge in [-0.15, -0.1) is 24.5 Å². The summed E-state index contributed by atoms with van der Waals surface area (Å²) in [5.74, 6) is -0.133. The van der Waals surface area contributed by atoms with Crippen LogP contribution in [-0.2, 0) is 22.6 Å². The fourth-order valence-electron chi connectivity index (χ4n) is 3.26. The molecule has 0 spiro atoms. The number of aromatic nitrogens is 1. The van der Waals surface area contributed by atoms with Gasteiger partial charge < -0.3 is 19.4 Å². The van der Waals surface area contributed by atoms with E-state index in [0.717, 1.165) is 5.56 Å². The zero-order valence-corrected chi connectivity index (χ0v) is 19.9. The number of ether oxygens (including phenoxy) is 2. The minimum absolute atomic E-state index is 0.104. The van der Waals surface area contributed by atoms with E-state index >= 15 is 0 Å². The summed E-state index contributed by atoms with van der Waals surface area (Å²) in [4.78, 5) is 28.5. The first kappa shape index (κ1) is 26.0. The van der Waals surface area contributed by atoms with Crippen LogP contribution >= 0.6 is 11.3 Å². The molecule has 35 heavy (non-hydrogen) atoms. The van der Waals surface area contributed by atoms with Gasteiger partial charge in [0.25, 0.3) is 5.91 Å². The molecule has 7 nitrogen and oxygen atoms in total. The lowest BCUT2D eigenvalue weighted by atomic mass is 10.1. The Bertz CT molecular complexity index is 1220. The number of alkyl halides is 3. The molecule has 0 fully saturated rings. The number of nitrogens with zero attached hydrogens (tertiary/aromatic N) is 2. The number of nitrogens with one attached hydrogen (secondary N) is 1. The summed E-state index contributed by atoms with van der Waals surface area (Å²) < 4.78 is 48.3. The minimum Gasteiger partial charge on any atom is -0.497 e. The van der Waals surface area contributed by atoms with E-state index in [9.17, 15) is 22.8 Å². The van der Waals surface area contributed by atoms with E-state index in [1.807, 2.05) is 4.57 Å². The van der Waals surface area contributed by atoms with Gasteiger partial charge in [-0.05, 0) is 53.9 Å². The first-order valence-corrected chi connectivity index (χ1v) is 11.5. The predicted octanol–water partition coefficient (Wildman–Crippen LogP) is 4.32. The molecule has 0 aliphatic rings. The smallest absolute Gasteiger partial charge is 0.497 e. The van der Waals surface area contributed by atoms with Crippen molar-refractivity contribution in [1.29, 1.82) is 0 Å². The monoisotopic (exact) mass is 507 g/mol. The number of benzene rings is 2. The first-order valence-electron chi connectivity index (χ1n) is 10.6. The molecule has 186 valence electrons. The van der Waals surface area contributed by atoms with Gasteiger partial charge in [0.05, 0.1) is 19.2 Å². The third-order valence-electron chi connectivity index (χ3n) is 4.85. The lowest BCUT2D eigenvalue weighted by molar-refractivity contribution is -0.274. The molecule has 0 radical (unpaired) electrons. The van der Waals surface area contributed by atoms with Crippen LogP contribution in [0.1, 0.15) is 18.9 Å². The Morgan fingerprint density at radius 3 is 2.31 bits per heavy atom. The van der Waals surface area contributed by atoms with Crippen molar-refractivity contribution in [2.45, 2.75) is 32.7 Å². The highest BCUT2D eigenvalue weighted by Crippen LogP contribution is 2.27. The molecular weight excluding hydrogens is 483 g/mol. The molecular formula is C24H24F3N3O4S. The number of carbonyl (C=O) groups excluding carboxylic acids is 2. The fraction of sp³-hybridized carbons (Fsp3) is 0.292. The number of hydrogen-bond donors (Lipinski definition) is 1. The van der Waals surface area contributed by atoms with Crippen LogP contribution in [0.2, 0.25) is 0 Å². The summed E-state index contributed by atoms with van der Waals surface area (Å²) in [6, 6.07) is 12.6. The van der Waals surface area contributed by atoms with Crippen molar-refractivity contribution >= 4 is 23.2 Å². The van der Waals surface area contributed by atoms with Crippen LogP contribution in [-0.4, -0.2) is 36.4 Å².